The van der Waals surface area contributed by atoms with Crippen LogP contribution in [0.3, 0.4) is 0 Å². The summed E-state index contributed by atoms with van der Waals surface area (Å²) in [6, 6.07) is 0. The van der Waals surface area contributed by atoms with Gasteiger partial charge in [0.15, 0.2) is 0 Å². The first kappa shape index (κ1) is 14.2. The van der Waals surface area contributed by atoms with Crippen LogP contribution in [0.4, 0.5) is 0 Å². The van der Waals surface area contributed by atoms with E-state index in [1.807, 2.05) is 6.92 Å². The largest absolute Gasteiger partial charge is 0.457 e. The number of hydrogen-bond donors (Lipinski definition) is 0. The van der Waals surface area contributed by atoms with Gasteiger partial charge in [0.25, 0.3) is 0 Å². The summed E-state index contributed by atoms with van der Waals surface area (Å²) in [5.41, 5.74) is 0.590. The van der Waals surface area contributed by atoms with E-state index in [1.54, 1.807) is 6.92 Å². The lowest BCUT2D eigenvalue weighted by molar-refractivity contribution is -0.162. The second-order valence-corrected chi connectivity index (χ2v) is 4.86. The molecule has 0 amide bonds. The molecule has 1 unspecified atom stereocenters. The van der Waals surface area contributed by atoms with Crippen molar-refractivity contribution in [1.82, 2.24) is 0 Å². The summed E-state index contributed by atoms with van der Waals surface area (Å²) in [4.78, 5) is 11.2. The SMILES string of the molecule is C=C(C)C(=O)OC(C)COCC1(CC)COC1. The molecule has 1 fully saturated rings. The van der Waals surface area contributed by atoms with Crippen molar-refractivity contribution in [3.63, 3.8) is 0 Å². The van der Waals surface area contributed by atoms with Gasteiger partial charge in [-0.2, -0.15) is 0 Å². The third-order valence-electron chi connectivity index (χ3n) is 2.98. The predicted octanol–water partition coefficient (Wildman–Crippen LogP) is 1.94. The van der Waals surface area contributed by atoms with Crippen LogP contribution in [-0.2, 0) is 19.0 Å². The summed E-state index contributed by atoms with van der Waals surface area (Å²) in [7, 11) is 0. The molecule has 1 atom stereocenters. The van der Waals surface area contributed by atoms with Crippen molar-refractivity contribution in [2.45, 2.75) is 33.3 Å². The van der Waals surface area contributed by atoms with Crippen LogP contribution in [0.25, 0.3) is 0 Å². The van der Waals surface area contributed by atoms with E-state index in [0.29, 0.717) is 18.8 Å². The molecule has 17 heavy (non-hydrogen) atoms. The zero-order valence-electron chi connectivity index (χ0n) is 11.0. The van der Waals surface area contributed by atoms with Crippen LogP contribution >= 0.6 is 0 Å². The smallest absolute Gasteiger partial charge is 0.333 e. The quantitative estimate of drug-likeness (QED) is 0.505. The Hall–Kier alpha value is -0.870. The standard InChI is InChI=1S/C13H22O4/c1-5-13(8-16-9-13)7-15-6-11(4)17-12(14)10(2)3/h11H,2,5-9H2,1,3-4H3. The van der Waals surface area contributed by atoms with Gasteiger partial charge in [0.2, 0.25) is 0 Å². The lowest BCUT2D eigenvalue weighted by Crippen LogP contribution is -2.46. The Bertz CT molecular complexity index is 276. The fourth-order valence-corrected chi connectivity index (χ4v) is 1.54. The maximum Gasteiger partial charge on any atom is 0.333 e. The number of rotatable bonds is 7. The molecule has 98 valence electrons. The number of ether oxygens (including phenoxy) is 3. The molecule has 1 saturated heterocycles. The molecule has 1 aliphatic rings. The highest BCUT2D eigenvalue weighted by atomic mass is 16.6. The molecule has 1 aliphatic heterocycles. The van der Waals surface area contributed by atoms with Gasteiger partial charge in [0.05, 0.1) is 26.4 Å². The molecule has 0 aromatic rings. The normalized spacial score (nSPS) is 19.2. The van der Waals surface area contributed by atoms with Gasteiger partial charge in [-0.25, -0.2) is 4.79 Å². The Morgan fingerprint density at radius 2 is 2.18 bits per heavy atom. The molecule has 4 heteroatoms. The summed E-state index contributed by atoms with van der Waals surface area (Å²) in [6.45, 7) is 11.7. The Labute approximate surface area is 103 Å². The predicted molar refractivity (Wildman–Crippen MR) is 64.7 cm³/mol. The summed E-state index contributed by atoms with van der Waals surface area (Å²) >= 11 is 0. The average Bonchev–Trinajstić information content (AvgIpc) is 2.21. The second kappa shape index (κ2) is 6.17. The van der Waals surface area contributed by atoms with Gasteiger partial charge >= 0.3 is 5.97 Å². The van der Waals surface area contributed by atoms with E-state index in [2.05, 4.69) is 13.5 Å². The van der Waals surface area contributed by atoms with Gasteiger partial charge < -0.3 is 14.2 Å². The topological polar surface area (TPSA) is 44.8 Å². The van der Waals surface area contributed by atoms with E-state index >= 15 is 0 Å². The zero-order chi connectivity index (χ0) is 12.9. The molecule has 1 heterocycles. The zero-order valence-corrected chi connectivity index (χ0v) is 11.0. The number of carbonyl (C=O) groups is 1. The molecule has 0 N–H and O–H groups in total. The van der Waals surface area contributed by atoms with E-state index in [9.17, 15) is 4.79 Å². The van der Waals surface area contributed by atoms with Crippen molar-refractivity contribution in [2.75, 3.05) is 26.4 Å². The third kappa shape index (κ3) is 4.13. The first-order valence-corrected chi connectivity index (χ1v) is 6.01. The monoisotopic (exact) mass is 242 g/mol. The maximum absolute atomic E-state index is 11.2. The van der Waals surface area contributed by atoms with Gasteiger partial charge in [0.1, 0.15) is 6.10 Å². The minimum atomic E-state index is -0.363. The fourth-order valence-electron chi connectivity index (χ4n) is 1.54. The average molecular weight is 242 g/mol. The fraction of sp³-hybridized carbons (Fsp3) is 0.769. The Kier molecular flexibility index (Phi) is 5.15. The Morgan fingerprint density at radius 1 is 1.53 bits per heavy atom. The summed E-state index contributed by atoms with van der Waals surface area (Å²) in [5, 5.41) is 0. The minimum absolute atomic E-state index is 0.179. The van der Waals surface area contributed by atoms with Crippen molar-refractivity contribution in [3.8, 4) is 0 Å². The Balaban J connectivity index is 2.17. The lowest BCUT2D eigenvalue weighted by Gasteiger charge is -2.40. The molecule has 0 aromatic heterocycles. The van der Waals surface area contributed by atoms with Crippen molar-refractivity contribution in [3.05, 3.63) is 12.2 Å². The number of esters is 1. The highest BCUT2D eigenvalue weighted by molar-refractivity contribution is 5.87. The van der Waals surface area contributed by atoms with Gasteiger partial charge in [-0.3, -0.25) is 0 Å². The number of carbonyl (C=O) groups excluding carboxylic acids is 1. The number of hydrogen-bond acceptors (Lipinski definition) is 4. The van der Waals surface area contributed by atoms with Crippen LogP contribution < -0.4 is 0 Å². The molecule has 0 radical (unpaired) electrons. The van der Waals surface area contributed by atoms with Crippen LogP contribution in [0.15, 0.2) is 12.2 Å². The molecule has 0 bridgehead atoms. The van der Waals surface area contributed by atoms with Crippen LogP contribution in [0.1, 0.15) is 27.2 Å². The van der Waals surface area contributed by atoms with E-state index in [1.165, 1.54) is 0 Å². The van der Waals surface area contributed by atoms with Gasteiger partial charge in [-0.1, -0.05) is 13.5 Å². The molecular formula is C13H22O4. The molecule has 4 nitrogen and oxygen atoms in total. The molecule has 0 aliphatic carbocycles. The molecular weight excluding hydrogens is 220 g/mol. The molecule has 0 aromatic carbocycles. The maximum atomic E-state index is 11.2. The summed E-state index contributed by atoms with van der Waals surface area (Å²) in [5.74, 6) is -0.363. The summed E-state index contributed by atoms with van der Waals surface area (Å²) < 4.78 is 15.9. The molecule has 0 saturated carbocycles. The molecule has 1 rings (SSSR count). The molecule has 0 spiro atoms. The van der Waals surface area contributed by atoms with Crippen LogP contribution in [0.2, 0.25) is 0 Å². The van der Waals surface area contributed by atoms with Gasteiger partial charge in [0, 0.05) is 11.0 Å². The lowest BCUT2D eigenvalue weighted by atomic mass is 9.84. The van der Waals surface area contributed by atoms with Gasteiger partial charge in [-0.15, -0.1) is 0 Å². The van der Waals surface area contributed by atoms with E-state index in [-0.39, 0.29) is 17.5 Å². The van der Waals surface area contributed by atoms with E-state index < -0.39 is 0 Å². The van der Waals surface area contributed by atoms with Crippen molar-refractivity contribution >= 4 is 5.97 Å². The van der Waals surface area contributed by atoms with Crippen LogP contribution in [0, 0.1) is 5.41 Å². The van der Waals surface area contributed by atoms with Crippen molar-refractivity contribution in [1.29, 1.82) is 0 Å². The second-order valence-electron chi connectivity index (χ2n) is 4.86. The first-order valence-electron chi connectivity index (χ1n) is 6.01. The van der Waals surface area contributed by atoms with Crippen LogP contribution in [0.5, 0.6) is 0 Å². The third-order valence-corrected chi connectivity index (χ3v) is 2.98. The first-order chi connectivity index (χ1) is 7.99. The highest BCUT2D eigenvalue weighted by Crippen LogP contribution is 2.31. The van der Waals surface area contributed by atoms with Crippen molar-refractivity contribution in [2.24, 2.45) is 5.41 Å². The minimum Gasteiger partial charge on any atom is -0.457 e. The van der Waals surface area contributed by atoms with Gasteiger partial charge in [-0.05, 0) is 20.3 Å². The summed E-state index contributed by atoms with van der Waals surface area (Å²) in [6.07, 6.45) is 0.807. The van der Waals surface area contributed by atoms with Crippen molar-refractivity contribution < 1.29 is 19.0 Å². The highest BCUT2D eigenvalue weighted by Gasteiger charge is 2.37. The van der Waals surface area contributed by atoms with E-state index in [4.69, 9.17) is 14.2 Å². The Morgan fingerprint density at radius 3 is 2.59 bits per heavy atom. The van der Waals surface area contributed by atoms with E-state index in [0.717, 1.165) is 19.6 Å². The van der Waals surface area contributed by atoms with Crippen LogP contribution in [-0.4, -0.2) is 38.5 Å².